The lowest BCUT2D eigenvalue weighted by molar-refractivity contribution is -0.138. The van der Waals surface area contributed by atoms with Crippen LogP contribution in [0.1, 0.15) is 84.0 Å². The highest BCUT2D eigenvalue weighted by Crippen LogP contribution is 2.41. The number of carbonyl (C=O) groups is 3. The van der Waals surface area contributed by atoms with Crippen molar-refractivity contribution in [3.8, 4) is 10.4 Å². The number of nitrogens with zero attached hydrogens (tertiary/aromatic N) is 1. The zero-order chi connectivity index (χ0) is 29.6. The van der Waals surface area contributed by atoms with Gasteiger partial charge in [-0.25, -0.2) is 9.37 Å². The SMILES string of the molecule is Cc1ncsc1-c1ccc(CNC(=O)[C@@H]2C[C@@H](O)CC2C(=O)[C@@H](NC(=O)C2(F)CC2)C(C)(C)C)c(C(C)(C)C)c1. The van der Waals surface area contributed by atoms with Gasteiger partial charge in [-0.2, -0.15) is 0 Å². The number of aliphatic hydroxyl groups is 1. The minimum atomic E-state index is -1.91. The monoisotopic (exact) mass is 571 g/mol. The van der Waals surface area contributed by atoms with E-state index in [1.165, 1.54) is 0 Å². The minimum absolute atomic E-state index is 0.135. The van der Waals surface area contributed by atoms with Gasteiger partial charge in [0.25, 0.3) is 5.91 Å². The summed E-state index contributed by atoms with van der Waals surface area (Å²) in [5.74, 6) is -2.91. The van der Waals surface area contributed by atoms with E-state index < -0.39 is 41.0 Å². The Hall–Kier alpha value is -2.65. The third-order valence-electron chi connectivity index (χ3n) is 8.14. The number of amides is 2. The summed E-state index contributed by atoms with van der Waals surface area (Å²) in [6.45, 7) is 14.1. The molecule has 0 saturated heterocycles. The molecule has 2 aromatic rings. The van der Waals surface area contributed by atoms with Gasteiger partial charge < -0.3 is 15.7 Å². The second-order valence-electron chi connectivity index (χ2n) is 13.6. The van der Waals surface area contributed by atoms with Crippen molar-refractivity contribution in [1.29, 1.82) is 0 Å². The number of Topliss-reactive ketones (excluding diaryl/α,β-unsaturated/α-hetero) is 1. The molecule has 3 N–H and O–H groups in total. The average Bonchev–Trinajstić information content (AvgIpc) is 3.27. The number of rotatable bonds is 8. The molecule has 9 heteroatoms. The van der Waals surface area contributed by atoms with E-state index in [-0.39, 0.29) is 49.3 Å². The van der Waals surface area contributed by atoms with Crippen molar-refractivity contribution < 1.29 is 23.9 Å². The standard InChI is InChI=1S/C31H42FN3O4S/c1-17-25(40-16-34-17)18-8-9-19(23(12-18)29(2,3)4)15-33-27(38)22-14-20(36)13-21(22)24(37)26(30(5,6)7)35-28(39)31(32)10-11-31/h8-9,12,16,20-22,26,36H,10-11,13-15H2,1-7H3,(H,33,38)(H,35,39)/t20-,21?,22+,26+/m0/s1. The van der Waals surface area contributed by atoms with Crippen LogP contribution < -0.4 is 10.6 Å². The highest BCUT2D eigenvalue weighted by Gasteiger charge is 2.53. The van der Waals surface area contributed by atoms with E-state index in [0.29, 0.717) is 0 Å². The Morgan fingerprint density at radius 3 is 2.33 bits per heavy atom. The molecular formula is C31H42FN3O4S. The van der Waals surface area contributed by atoms with E-state index in [4.69, 9.17) is 0 Å². The van der Waals surface area contributed by atoms with Gasteiger partial charge in [-0.3, -0.25) is 14.4 Å². The fraction of sp³-hybridized carbons (Fsp3) is 0.613. The Morgan fingerprint density at radius 2 is 1.77 bits per heavy atom. The number of thiazole rings is 1. The molecule has 2 saturated carbocycles. The molecule has 0 spiro atoms. The van der Waals surface area contributed by atoms with Crippen LogP contribution in [0.4, 0.5) is 4.39 Å². The second kappa shape index (κ2) is 11.0. The number of hydrogen-bond donors (Lipinski definition) is 3. The molecule has 2 aliphatic carbocycles. The largest absolute Gasteiger partial charge is 0.393 e. The first-order valence-electron chi connectivity index (χ1n) is 14.0. The number of carbonyl (C=O) groups excluding carboxylic acids is 3. The Bertz CT molecular complexity index is 1290. The summed E-state index contributed by atoms with van der Waals surface area (Å²) < 4.78 is 14.4. The maximum atomic E-state index is 14.4. The fourth-order valence-electron chi connectivity index (χ4n) is 5.60. The van der Waals surface area contributed by atoms with Crippen molar-refractivity contribution in [2.45, 2.75) is 104 Å². The third kappa shape index (κ3) is 6.46. The summed E-state index contributed by atoms with van der Waals surface area (Å²) in [7, 11) is 0. The van der Waals surface area contributed by atoms with Crippen molar-refractivity contribution in [1.82, 2.24) is 15.6 Å². The number of aliphatic hydroxyl groups excluding tert-OH is 1. The van der Waals surface area contributed by atoms with E-state index in [2.05, 4.69) is 42.5 Å². The summed E-state index contributed by atoms with van der Waals surface area (Å²) in [4.78, 5) is 45.2. The molecule has 2 aliphatic rings. The van der Waals surface area contributed by atoms with Gasteiger partial charge in [0.15, 0.2) is 11.5 Å². The van der Waals surface area contributed by atoms with Crippen LogP contribution >= 0.6 is 11.3 Å². The molecule has 4 atom stereocenters. The van der Waals surface area contributed by atoms with Gasteiger partial charge in [0.1, 0.15) is 0 Å². The highest BCUT2D eigenvalue weighted by molar-refractivity contribution is 7.13. The van der Waals surface area contributed by atoms with Crippen LogP contribution in [0.3, 0.4) is 0 Å². The Kier molecular flexibility index (Phi) is 8.31. The van der Waals surface area contributed by atoms with Crippen LogP contribution in [0.5, 0.6) is 0 Å². The Morgan fingerprint density at radius 1 is 1.12 bits per heavy atom. The van der Waals surface area contributed by atoms with Crippen LogP contribution in [0, 0.1) is 24.2 Å². The van der Waals surface area contributed by atoms with Crippen LogP contribution in [0.25, 0.3) is 10.4 Å². The molecular weight excluding hydrogens is 529 g/mol. The number of ketones is 1. The van der Waals surface area contributed by atoms with E-state index >= 15 is 0 Å². The van der Waals surface area contributed by atoms with E-state index in [0.717, 1.165) is 27.3 Å². The maximum Gasteiger partial charge on any atom is 0.258 e. The summed E-state index contributed by atoms with van der Waals surface area (Å²) >= 11 is 1.59. The predicted octanol–water partition coefficient (Wildman–Crippen LogP) is 5.02. The van der Waals surface area contributed by atoms with Crippen molar-refractivity contribution in [3.63, 3.8) is 0 Å². The maximum absolute atomic E-state index is 14.4. The normalized spacial score (nSPS) is 23.0. The second-order valence-corrected chi connectivity index (χ2v) is 14.4. The van der Waals surface area contributed by atoms with Gasteiger partial charge in [-0.05, 0) is 66.2 Å². The number of nitrogens with one attached hydrogen (secondary N) is 2. The molecule has 1 unspecified atom stereocenters. The summed E-state index contributed by atoms with van der Waals surface area (Å²) in [6.07, 6.45) is -0.202. The summed E-state index contributed by atoms with van der Waals surface area (Å²) in [6, 6.07) is 5.25. The first-order valence-corrected chi connectivity index (χ1v) is 14.9. The molecule has 0 radical (unpaired) electrons. The van der Waals surface area contributed by atoms with Crippen molar-refractivity contribution in [2.75, 3.05) is 0 Å². The molecule has 4 rings (SSSR count). The van der Waals surface area contributed by atoms with Crippen molar-refractivity contribution in [3.05, 3.63) is 40.5 Å². The molecule has 218 valence electrons. The van der Waals surface area contributed by atoms with Gasteiger partial charge >= 0.3 is 0 Å². The molecule has 1 heterocycles. The molecule has 1 aromatic carbocycles. The highest BCUT2D eigenvalue weighted by atomic mass is 32.1. The first kappa shape index (κ1) is 30.3. The number of benzene rings is 1. The smallest absolute Gasteiger partial charge is 0.258 e. The lowest BCUT2D eigenvalue weighted by Gasteiger charge is -2.33. The fourth-order valence-corrected chi connectivity index (χ4v) is 6.41. The molecule has 1 aromatic heterocycles. The van der Waals surface area contributed by atoms with Crippen LogP contribution in [0.2, 0.25) is 0 Å². The van der Waals surface area contributed by atoms with E-state index in [1.54, 1.807) is 32.1 Å². The van der Waals surface area contributed by atoms with Crippen LogP contribution in [0.15, 0.2) is 23.7 Å². The predicted molar refractivity (Wildman–Crippen MR) is 155 cm³/mol. The van der Waals surface area contributed by atoms with E-state index in [9.17, 15) is 23.9 Å². The third-order valence-corrected chi connectivity index (χ3v) is 9.12. The number of alkyl halides is 1. The molecule has 7 nitrogen and oxygen atoms in total. The van der Waals surface area contributed by atoms with Crippen molar-refractivity contribution >= 4 is 28.9 Å². The number of aryl methyl sites for hydroxylation is 1. The lowest BCUT2D eigenvalue weighted by atomic mass is 9.77. The van der Waals surface area contributed by atoms with Gasteiger partial charge in [0.05, 0.1) is 34.1 Å². The quantitative estimate of drug-likeness (QED) is 0.412. The van der Waals surface area contributed by atoms with Gasteiger partial charge in [0, 0.05) is 12.5 Å². The van der Waals surface area contributed by atoms with Gasteiger partial charge in [-0.15, -0.1) is 11.3 Å². The summed E-state index contributed by atoms with van der Waals surface area (Å²) in [5.41, 5.74) is 3.20. The molecule has 40 heavy (non-hydrogen) atoms. The number of aromatic nitrogens is 1. The Balaban J connectivity index is 1.51. The van der Waals surface area contributed by atoms with Gasteiger partial charge in [-0.1, -0.05) is 53.7 Å². The van der Waals surface area contributed by atoms with Gasteiger partial charge in [0.2, 0.25) is 5.91 Å². The number of hydrogen-bond acceptors (Lipinski definition) is 6. The first-order chi connectivity index (χ1) is 18.5. The summed E-state index contributed by atoms with van der Waals surface area (Å²) in [5, 5.41) is 16.1. The molecule has 0 aliphatic heterocycles. The zero-order valence-electron chi connectivity index (χ0n) is 24.6. The minimum Gasteiger partial charge on any atom is -0.393 e. The molecule has 0 bridgehead atoms. The average molecular weight is 572 g/mol. The van der Waals surface area contributed by atoms with Crippen LogP contribution in [-0.4, -0.2) is 45.5 Å². The Labute approximate surface area is 240 Å². The van der Waals surface area contributed by atoms with Crippen molar-refractivity contribution in [2.24, 2.45) is 17.3 Å². The molecule has 2 fully saturated rings. The van der Waals surface area contributed by atoms with E-state index in [1.807, 2.05) is 24.6 Å². The zero-order valence-corrected chi connectivity index (χ0v) is 25.4. The van der Waals surface area contributed by atoms with Crippen LogP contribution in [-0.2, 0) is 26.3 Å². The lowest BCUT2D eigenvalue weighted by Crippen LogP contribution is -2.54. The molecule has 2 amide bonds. The number of halogens is 1. The topological polar surface area (TPSA) is 108 Å².